The standard InChI is InChI=1S/C22H25N3O3/c26-22(23-11-10-16-4-2-1-3-5-16)19-8-6-18(15-24-19)25-17-7-9-20-21(14-17)28-13-12-27-20/h4,6-9,14-15,25H,1-3,5,10-13H2,(H,23,26). The number of allylic oxidation sites excluding steroid dienone is 1. The van der Waals surface area contributed by atoms with E-state index >= 15 is 0 Å². The maximum atomic E-state index is 12.3. The van der Waals surface area contributed by atoms with Crippen molar-refractivity contribution in [1.82, 2.24) is 10.3 Å². The third kappa shape index (κ3) is 4.63. The van der Waals surface area contributed by atoms with Gasteiger partial charge in [0.15, 0.2) is 11.5 Å². The molecule has 0 saturated heterocycles. The van der Waals surface area contributed by atoms with Crippen molar-refractivity contribution >= 4 is 17.3 Å². The molecule has 0 atom stereocenters. The number of fused-ring (bicyclic) bond motifs is 1. The lowest BCUT2D eigenvalue weighted by Crippen LogP contribution is -2.25. The van der Waals surface area contributed by atoms with E-state index in [0.29, 0.717) is 25.5 Å². The van der Waals surface area contributed by atoms with E-state index in [1.165, 1.54) is 24.8 Å². The van der Waals surface area contributed by atoms with Crippen LogP contribution in [0.25, 0.3) is 0 Å². The minimum atomic E-state index is -0.137. The van der Waals surface area contributed by atoms with Crippen molar-refractivity contribution in [3.63, 3.8) is 0 Å². The fourth-order valence-corrected chi connectivity index (χ4v) is 3.45. The predicted molar refractivity (Wildman–Crippen MR) is 108 cm³/mol. The Kier molecular flexibility index (Phi) is 5.75. The highest BCUT2D eigenvalue weighted by Crippen LogP contribution is 2.33. The van der Waals surface area contributed by atoms with Crippen molar-refractivity contribution < 1.29 is 14.3 Å². The monoisotopic (exact) mass is 379 g/mol. The number of benzene rings is 1. The van der Waals surface area contributed by atoms with Crippen molar-refractivity contribution in [3.05, 3.63) is 53.9 Å². The smallest absolute Gasteiger partial charge is 0.269 e. The molecule has 1 aliphatic carbocycles. The van der Waals surface area contributed by atoms with Crippen LogP contribution in [0.1, 0.15) is 42.6 Å². The summed E-state index contributed by atoms with van der Waals surface area (Å²) in [5.74, 6) is 1.35. The van der Waals surface area contributed by atoms with Gasteiger partial charge in [-0.1, -0.05) is 11.6 Å². The van der Waals surface area contributed by atoms with Gasteiger partial charge in [-0.05, 0) is 56.4 Å². The molecule has 6 heteroatoms. The summed E-state index contributed by atoms with van der Waals surface area (Å²) < 4.78 is 11.1. The summed E-state index contributed by atoms with van der Waals surface area (Å²) in [5, 5.41) is 6.23. The fourth-order valence-electron chi connectivity index (χ4n) is 3.45. The molecule has 0 unspecified atom stereocenters. The van der Waals surface area contributed by atoms with Crippen LogP contribution in [0.15, 0.2) is 48.2 Å². The number of carbonyl (C=O) groups excluding carboxylic acids is 1. The molecule has 2 aromatic rings. The summed E-state index contributed by atoms with van der Waals surface area (Å²) in [6, 6.07) is 9.29. The van der Waals surface area contributed by atoms with Gasteiger partial charge in [-0.15, -0.1) is 0 Å². The summed E-state index contributed by atoms with van der Waals surface area (Å²) in [7, 11) is 0. The van der Waals surface area contributed by atoms with Crippen LogP contribution in [0, 0.1) is 0 Å². The summed E-state index contributed by atoms with van der Waals surface area (Å²) >= 11 is 0. The van der Waals surface area contributed by atoms with Gasteiger partial charge in [0, 0.05) is 18.3 Å². The van der Waals surface area contributed by atoms with Crippen LogP contribution in [0.3, 0.4) is 0 Å². The average molecular weight is 379 g/mol. The number of carbonyl (C=O) groups is 1. The number of hydrogen-bond acceptors (Lipinski definition) is 5. The van der Waals surface area contributed by atoms with Gasteiger partial charge >= 0.3 is 0 Å². The molecule has 1 aliphatic heterocycles. The van der Waals surface area contributed by atoms with Crippen molar-refractivity contribution in [2.24, 2.45) is 0 Å². The highest BCUT2D eigenvalue weighted by molar-refractivity contribution is 5.92. The molecule has 0 bridgehead atoms. The van der Waals surface area contributed by atoms with Gasteiger partial charge < -0.3 is 20.1 Å². The normalized spacial score (nSPS) is 15.5. The van der Waals surface area contributed by atoms with Crippen LogP contribution >= 0.6 is 0 Å². The van der Waals surface area contributed by atoms with E-state index in [1.54, 1.807) is 12.3 Å². The minimum absolute atomic E-state index is 0.137. The maximum Gasteiger partial charge on any atom is 0.269 e. The maximum absolute atomic E-state index is 12.3. The molecule has 0 spiro atoms. The third-order valence-corrected chi connectivity index (χ3v) is 4.94. The zero-order valence-corrected chi connectivity index (χ0v) is 15.9. The highest BCUT2D eigenvalue weighted by Gasteiger charge is 2.12. The van der Waals surface area contributed by atoms with E-state index in [1.807, 2.05) is 24.3 Å². The molecular weight excluding hydrogens is 354 g/mol. The van der Waals surface area contributed by atoms with Gasteiger partial charge in [0.25, 0.3) is 5.91 Å². The van der Waals surface area contributed by atoms with Gasteiger partial charge in [0.2, 0.25) is 0 Å². The van der Waals surface area contributed by atoms with E-state index in [2.05, 4.69) is 21.7 Å². The van der Waals surface area contributed by atoms with Crippen molar-refractivity contribution in [2.45, 2.75) is 32.1 Å². The number of nitrogens with one attached hydrogen (secondary N) is 2. The predicted octanol–water partition coefficient (Wildman–Crippen LogP) is 4.22. The number of pyridine rings is 1. The van der Waals surface area contributed by atoms with Crippen LogP contribution in [0.5, 0.6) is 11.5 Å². The third-order valence-electron chi connectivity index (χ3n) is 4.94. The second-order valence-corrected chi connectivity index (χ2v) is 7.03. The summed E-state index contributed by atoms with van der Waals surface area (Å²) in [6.07, 6.45) is 9.78. The molecule has 146 valence electrons. The number of anilines is 2. The Morgan fingerprint density at radius 3 is 2.68 bits per heavy atom. The number of hydrogen-bond donors (Lipinski definition) is 2. The van der Waals surface area contributed by atoms with Crippen molar-refractivity contribution in [1.29, 1.82) is 0 Å². The highest BCUT2D eigenvalue weighted by atomic mass is 16.6. The molecular formula is C22H25N3O3. The quantitative estimate of drug-likeness (QED) is 0.736. The Morgan fingerprint density at radius 1 is 1.04 bits per heavy atom. The first-order valence-electron chi connectivity index (χ1n) is 9.87. The number of ether oxygens (including phenoxy) is 2. The fraction of sp³-hybridized carbons (Fsp3) is 0.364. The molecule has 1 aromatic heterocycles. The Balaban J connectivity index is 1.30. The zero-order valence-electron chi connectivity index (χ0n) is 15.9. The van der Waals surface area contributed by atoms with Crippen molar-refractivity contribution in [3.8, 4) is 11.5 Å². The van der Waals surface area contributed by atoms with Crippen LogP contribution in [0.4, 0.5) is 11.4 Å². The molecule has 6 nitrogen and oxygen atoms in total. The lowest BCUT2D eigenvalue weighted by atomic mass is 9.97. The van der Waals surface area contributed by atoms with E-state index in [-0.39, 0.29) is 5.91 Å². The summed E-state index contributed by atoms with van der Waals surface area (Å²) in [6.45, 7) is 1.79. The van der Waals surface area contributed by atoms with Crippen LogP contribution in [-0.2, 0) is 0 Å². The zero-order chi connectivity index (χ0) is 19.2. The Hall–Kier alpha value is -3.02. The van der Waals surface area contributed by atoms with Gasteiger partial charge in [-0.25, -0.2) is 4.98 Å². The SMILES string of the molecule is O=C(NCCC1=CCCCC1)c1ccc(Nc2ccc3c(c2)OCCO3)cn1. The number of aromatic nitrogens is 1. The molecule has 0 radical (unpaired) electrons. The molecule has 2 N–H and O–H groups in total. The van der Waals surface area contributed by atoms with Gasteiger partial charge in [0.1, 0.15) is 18.9 Å². The van der Waals surface area contributed by atoms with Gasteiger partial charge in [0.05, 0.1) is 11.9 Å². The Bertz CT molecular complexity index is 862. The van der Waals surface area contributed by atoms with Crippen LogP contribution in [-0.4, -0.2) is 30.6 Å². The average Bonchev–Trinajstić information content (AvgIpc) is 2.75. The van der Waals surface area contributed by atoms with Gasteiger partial charge in [-0.2, -0.15) is 0 Å². The molecule has 2 aliphatic rings. The largest absolute Gasteiger partial charge is 0.486 e. The number of nitrogens with zero attached hydrogens (tertiary/aromatic N) is 1. The number of rotatable bonds is 6. The molecule has 2 heterocycles. The molecule has 1 amide bonds. The lowest BCUT2D eigenvalue weighted by Gasteiger charge is -2.19. The Labute approximate surface area is 165 Å². The molecule has 0 fully saturated rings. The first kappa shape index (κ1) is 18.3. The Morgan fingerprint density at radius 2 is 1.89 bits per heavy atom. The minimum Gasteiger partial charge on any atom is -0.486 e. The number of amides is 1. The molecule has 28 heavy (non-hydrogen) atoms. The molecule has 1 aromatic carbocycles. The van der Waals surface area contributed by atoms with E-state index in [0.717, 1.165) is 35.7 Å². The summed E-state index contributed by atoms with van der Waals surface area (Å²) in [4.78, 5) is 16.6. The first-order chi connectivity index (χ1) is 13.8. The van der Waals surface area contributed by atoms with E-state index < -0.39 is 0 Å². The molecule has 4 rings (SSSR count). The van der Waals surface area contributed by atoms with Gasteiger partial charge in [-0.3, -0.25) is 4.79 Å². The topological polar surface area (TPSA) is 72.5 Å². The lowest BCUT2D eigenvalue weighted by molar-refractivity contribution is 0.0949. The summed E-state index contributed by atoms with van der Waals surface area (Å²) in [5.41, 5.74) is 3.56. The van der Waals surface area contributed by atoms with E-state index in [4.69, 9.17) is 9.47 Å². The first-order valence-corrected chi connectivity index (χ1v) is 9.87. The second-order valence-electron chi connectivity index (χ2n) is 7.03. The van der Waals surface area contributed by atoms with E-state index in [9.17, 15) is 4.79 Å². The van der Waals surface area contributed by atoms with Crippen LogP contribution < -0.4 is 20.1 Å². The van der Waals surface area contributed by atoms with Crippen LogP contribution in [0.2, 0.25) is 0 Å². The second kappa shape index (κ2) is 8.78. The van der Waals surface area contributed by atoms with Crippen molar-refractivity contribution in [2.75, 3.05) is 25.1 Å². The molecule has 0 saturated carbocycles.